The van der Waals surface area contributed by atoms with Crippen LogP contribution in [0.15, 0.2) is 30.5 Å². The monoisotopic (exact) mass is 344 g/mol. The van der Waals surface area contributed by atoms with Crippen LogP contribution in [0.25, 0.3) is 11.3 Å². The van der Waals surface area contributed by atoms with E-state index >= 15 is 0 Å². The predicted molar refractivity (Wildman–Crippen MR) is 80.6 cm³/mol. The zero-order chi connectivity index (χ0) is 17.4. The number of hydrogen-bond donors (Lipinski definition) is 1. The summed E-state index contributed by atoms with van der Waals surface area (Å²) in [5, 5.41) is 0. The number of hydrogen-bond acceptors (Lipinski definition) is 3. The number of benzene rings is 1. The molecule has 23 heavy (non-hydrogen) atoms. The van der Waals surface area contributed by atoms with Gasteiger partial charge in [-0.3, -0.25) is 4.98 Å². The van der Waals surface area contributed by atoms with Crippen LogP contribution in [-0.4, -0.2) is 19.7 Å². The average molecular weight is 344 g/mol. The summed E-state index contributed by atoms with van der Waals surface area (Å²) in [6, 6.07) is 4.86. The fraction of sp³-hybridized carbons (Fsp3) is 0.267. The van der Waals surface area contributed by atoms with Crippen molar-refractivity contribution in [1.82, 2.24) is 9.71 Å². The number of nitrogens with one attached hydrogen (secondary N) is 1. The zero-order valence-electron chi connectivity index (χ0n) is 12.7. The first-order chi connectivity index (χ1) is 10.5. The van der Waals surface area contributed by atoms with Crippen LogP contribution in [0.3, 0.4) is 0 Å². The van der Waals surface area contributed by atoms with Crippen LogP contribution >= 0.6 is 0 Å². The van der Waals surface area contributed by atoms with Crippen molar-refractivity contribution in [2.24, 2.45) is 0 Å². The fourth-order valence-corrected chi connectivity index (χ4v) is 3.39. The van der Waals surface area contributed by atoms with E-state index in [1.165, 1.54) is 26.0 Å². The third kappa shape index (κ3) is 3.89. The maximum atomic E-state index is 14.8. The number of pyridine rings is 1. The van der Waals surface area contributed by atoms with Gasteiger partial charge in [0.05, 0.1) is 18.0 Å². The van der Waals surface area contributed by atoms with Gasteiger partial charge in [0.2, 0.25) is 10.0 Å². The lowest BCUT2D eigenvalue weighted by Gasteiger charge is -2.27. The highest BCUT2D eigenvalue weighted by molar-refractivity contribution is 7.88. The van der Waals surface area contributed by atoms with E-state index in [1.54, 1.807) is 0 Å². The van der Waals surface area contributed by atoms with Crippen LogP contribution in [0, 0.1) is 17.5 Å². The topological polar surface area (TPSA) is 59.1 Å². The number of aromatic nitrogens is 1. The Morgan fingerprint density at radius 2 is 1.65 bits per heavy atom. The highest BCUT2D eigenvalue weighted by atomic mass is 32.2. The van der Waals surface area contributed by atoms with Gasteiger partial charge in [-0.15, -0.1) is 0 Å². The smallest absolute Gasteiger partial charge is 0.209 e. The van der Waals surface area contributed by atoms with Gasteiger partial charge in [-0.05, 0) is 38.1 Å². The number of rotatable bonds is 4. The lowest BCUT2D eigenvalue weighted by Crippen LogP contribution is -2.41. The van der Waals surface area contributed by atoms with E-state index in [1.807, 2.05) is 0 Å². The Balaban J connectivity index is 2.61. The molecule has 0 aliphatic rings. The fourth-order valence-electron chi connectivity index (χ4n) is 2.36. The van der Waals surface area contributed by atoms with Crippen LogP contribution < -0.4 is 4.72 Å². The van der Waals surface area contributed by atoms with Gasteiger partial charge in [0.1, 0.15) is 17.3 Å². The molecule has 2 aromatic rings. The highest BCUT2D eigenvalue weighted by Crippen LogP contribution is 2.31. The second-order valence-electron chi connectivity index (χ2n) is 5.65. The minimum atomic E-state index is -3.70. The molecule has 0 atom stereocenters. The van der Waals surface area contributed by atoms with Crippen LogP contribution in [0.2, 0.25) is 0 Å². The Morgan fingerprint density at radius 3 is 2.17 bits per heavy atom. The summed E-state index contributed by atoms with van der Waals surface area (Å²) in [5.74, 6) is -2.48. The lowest BCUT2D eigenvalue weighted by atomic mass is 9.93. The first-order valence-corrected chi connectivity index (χ1v) is 8.50. The molecule has 1 N–H and O–H groups in total. The first kappa shape index (κ1) is 17.4. The van der Waals surface area contributed by atoms with Gasteiger partial charge < -0.3 is 0 Å². The molecular formula is C15H15F3N2O2S. The van der Waals surface area contributed by atoms with Gasteiger partial charge in [-0.1, -0.05) is 0 Å². The standard InChI is InChI=1S/C15H15F3N2O2S/c1-15(2,20-23(3,21)22)12-11(17)8-19-14(13(12)18)9-4-6-10(16)7-5-9/h4-8,20H,1-3H3. The molecule has 0 fully saturated rings. The normalized spacial score (nSPS) is 12.4. The SMILES string of the molecule is CC(C)(NS(C)(=O)=O)c1c(F)cnc(-c2ccc(F)cc2)c1F. The van der Waals surface area contributed by atoms with Crippen molar-refractivity contribution >= 4 is 10.0 Å². The van der Waals surface area contributed by atoms with Crippen LogP contribution in [0.5, 0.6) is 0 Å². The molecule has 4 nitrogen and oxygen atoms in total. The molecule has 0 saturated carbocycles. The Morgan fingerprint density at radius 1 is 1.09 bits per heavy atom. The summed E-state index contributed by atoms with van der Waals surface area (Å²) in [6.07, 6.45) is 1.70. The molecule has 0 saturated heterocycles. The molecule has 1 aromatic carbocycles. The average Bonchev–Trinajstić information content (AvgIpc) is 2.37. The van der Waals surface area contributed by atoms with Crippen molar-refractivity contribution in [3.05, 3.63) is 53.5 Å². The Kier molecular flexibility index (Phi) is 4.50. The number of halogens is 3. The van der Waals surface area contributed by atoms with Crippen molar-refractivity contribution in [3.63, 3.8) is 0 Å². The lowest BCUT2D eigenvalue weighted by molar-refractivity contribution is 0.419. The second-order valence-corrected chi connectivity index (χ2v) is 7.40. The summed E-state index contributed by atoms with van der Waals surface area (Å²) in [4.78, 5) is 3.70. The van der Waals surface area contributed by atoms with E-state index < -0.39 is 38.6 Å². The molecule has 1 heterocycles. The molecule has 124 valence electrons. The molecule has 1 aromatic heterocycles. The quantitative estimate of drug-likeness (QED) is 0.928. The van der Waals surface area contributed by atoms with Gasteiger partial charge >= 0.3 is 0 Å². The molecule has 0 amide bonds. The Bertz CT molecular complexity index is 835. The van der Waals surface area contributed by atoms with E-state index in [2.05, 4.69) is 9.71 Å². The third-order valence-corrected chi connectivity index (χ3v) is 4.04. The molecule has 0 aliphatic carbocycles. The summed E-state index contributed by atoms with van der Waals surface area (Å²) >= 11 is 0. The van der Waals surface area contributed by atoms with E-state index in [9.17, 15) is 21.6 Å². The summed E-state index contributed by atoms with van der Waals surface area (Å²) in [6.45, 7) is 2.67. The number of nitrogens with zero attached hydrogens (tertiary/aromatic N) is 1. The van der Waals surface area contributed by atoms with Crippen molar-refractivity contribution < 1.29 is 21.6 Å². The number of sulfonamides is 1. The van der Waals surface area contributed by atoms with Gasteiger partial charge in [0, 0.05) is 11.1 Å². The minimum absolute atomic E-state index is 0.190. The molecular weight excluding hydrogens is 329 g/mol. The van der Waals surface area contributed by atoms with Crippen LogP contribution in [-0.2, 0) is 15.6 Å². The molecule has 0 unspecified atom stereocenters. The van der Waals surface area contributed by atoms with Gasteiger partial charge in [-0.2, -0.15) is 0 Å². The third-order valence-electron chi connectivity index (χ3n) is 3.16. The first-order valence-electron chi connectivity index (χ1n) is 6.60. The van der Waals surface area contributed by atoms with Crippen molar-refractivity contribution in [2.75, 3.05) is 6.26 Å². The second kappa shape index (κ2) is 5.93. The van der Waals surface area contributed by atoms with E-state index in [4.69, 9.17) is 0 Å². The molecule has 0 bridgehead atoms. The van der Waals surface area contributed by atoms with Gasteiger partial charge in [0.25, 0.3) is 0 Å². The van der Waals surface area contributed by atoms with E-state index in [0.717, 1.165) is 24.6 Å². The molecule has 0 aliphatic heterocycles. The van der Waals surface area contributed by atoms with Gasteiger partial charge in [-0.25, -0.2) is 26.3 Å². The molecule has 2 rings (SSSR count). The van der Waals surface area contributed by atoms with Crippen LogP contribution in [0.1, 0.15) is 19.4 Å². The largest absolute Gasteiger partial charge is 0.250 e. The summed E-state index contributed by atoms with van der Waals surface area (Å²) in [7, 11) is -3.70. The zero-order valence-corrected chi connectivity index (χ0v) is 13.5. The summed E-state index contributed by atoms with van der Waals surface area (Å²) < 4.78 is 66.8. The van der Waals surface area contributed by atoms with Crippen molar-refractivity contribution in [1.29, 1.82) is 0 Å². The molecule has 0 radical (unpaired) electrons. The predicted octanol–water partition coefficient (Wildman–Crippen LogP) is 2.95. The van der Waals surface area contributed by atoms with E-state index in [-0.39, 0.29) is 11.3 Å². The highest BCUT2D eigenvalue weighted by Gasteiger charge is 2.32. The van der Waals surface area contributed by atoms with Crippen molar-refractivity contribution in [3.8, 4) is 11.3 Å². The van der Waals surface area contributed by atoms with Gasteiger partial charge in [0.15, 0.2) is 5.82 Å². The van der Waals surface area contributed by atoms with E-state index in [0.29, 0.717) is 0 Å². The Hall–Kier alpha value is -1.93. The van der Waals surface area contributed by atoms with Crippen molar-refractivity contribution in [2.45, 2.75) is 19.4 Å². The molecule has 0 spiro atoms. The minimum Gasteiger partial charge on any atom is -0.250 e. The molecule has 8 heteroatoms. The maximum absolute atomic E-state index is 14.8. The maximum Gasteiger partial charge on any atom is 0.209 e. The Labute approximate surface area is 132 Å². The van der Waals surface area contributed by atoms with Crippen LogP contribution in [0.4, 0.5) is 13.2 Å². The summed E-state index contributed by atoms with van der Waals surface area (Å²) in [5.41, 5.74) is -1.93.